The smallest absolute Gasteiger partial charge is 0.387 e. The average molecular weight is 342 g/mol. The van der Waals surface area contributed by atoms with E-state index in [9.17, 15) is 13.6 Å². The second-order valence-electron chi connectivity index (χ2n) is 4.48. The van der Waals surface area contributed by atoms with Crippen molar-refractivity contribution < 1.29 is 23.0 Å². The van der Waals surface area contributed by atoms with Gasteiger partial charge in [0.25, 0.3) is 0 Å². The summed E-state index contributed by atoms with van der Waals surface area (Å²) in [4.78, 5) is 12.7. The summed E-state index contributed by atoms with van der Waals surface area (Å²) in [5, 5.41) is 7.29. The van der Waals surface area contributed by atoms with Crippen molar-refractivity contribution in [1.82, 2.24) is 10.6 Å². The lowest BCUT2D eigenvalue weighted by Crippen LogP contribution is -2.34. The Morgan fingerprint density at radius 2 is 2.00 bits per heavy atom. The van der Waals surface area contributed by atoms with Crippen LogP contribution < -0.4 is 20.1 Å². The minimum atomic E-state index is -2.94. The number of benzene rings is 1. The molecular weight excluding hydrogens is 326 g/mol. The fraction of sp³-hybridized carbons (Fsp3) is 0.267. The van der Waals surface area contributed by atoms with Crippen LogP contribution in [0.5, 0.6) is 11.5 Å². The van der Waals surface area contributed by atoms with E-state index in [2.05, 4.69) is 15.4 Å². The molecule has 124 valence electrons. The van der Waals surface area contributed by atoms with Crippen molar-refractivity contribution in [3.63, 3.8) is 0 Å². The van der Waals surface area contributed by atoms with Crippen molar-refractivity contribution in [3.8, 4) is 11.5 Å². The molecule has 0 saturated heterocycles. The van der Waals surface area contributed by atoms with Crippen LogP contribution in [0.2, 0.25) is 0 Å². The van der Waals surface area contributed by atoms with E-state index in [1.165, 1.54) is 19.2 Å². The Morgan fingerprint density at radius 3 is 2.65 bits per heavy atom. The third kappa shape index (κ3) is 5.41. The molecule has 2 aromatic rings. The van der Waals surface area contributed by atoms with E-state index >= 15 is 0 Å². The monoisotopic (exact) mass is 342 g/mol. The zero-order valence-electron chi connectivity index (χ0n) is 12.3. The predicted molar refractivity (Wildman–Crippen MR) is 83.0 cm³/mol. The van der Waals surface area contributed by atoms with E-state index in [0.29, 0.717) is 12.1 Å². The summed E-state index contributed by atoms with van der Waals surface area (Å²) in [6.45, 7) is -2.33. The number of alkyl halides is 2. The molecule has 2 amide bonds. The molecule has 23 heavy (non-hydrogen) atoms. The van der Waals surface area contributed by atoms with Gasteiger partial charge in [-0.25, -0.2) is 4.79 Å². The number of rotatable bonds is 7. The van der Waals surface area contributed by atoms with Crippen molar-refractivity contribution in [3.05, 3.63) is 46.2 Å². The van der Waals surface area contributed by atoms with Crippen molar-refractivity contribution in [1.29, 1.82) is 0 Å². The van der Waals surface area contributed by atoms with E-state index in [4.69, 9.17) is 4.74 Å². The highest BCUT2D eigenvalue weighted by Gasteiger charge is 2.11. The first kappa shape index (κ1) is 17.0. The molecule has 0 unspecified atom stereocenters. The SMILES string of the molecule is COc1ccc(CNC(=O)NCc2cccs2)cc1OC(F)F. The molecule has 0 aliphatic heterocycles. The highest BCUT2D eigenvalue weighted by atomic mass is 32.1. The van der Waals surface area contributed by atoms with Crippen molar-refractivity contribution >= 4 is 17.4 Å². The molecule has 2 N–H and O–H groups in total. The van der Waals surface area contributed by atoms with Crippen LogP contribution in [0.1, 0.15) is 10.4 Å². The molecular formula is C15H16F2N2O3S. The molecule has 8 heteroatoms. The second-order valence-corrected chi connectivity index (χ2v) is 5.51. The van der Waals surface area contributed by atoms with Gasteiger partial charge in [-0.05, 0) is 29.1 Å². The topological polar surface area (TPSA) is 59.6 Å². The fourth-order valence-corrected chi connectivity index (χ4v) is 2.49. The number of urea groups is 1. The number of ether oxygens (including phenoxy) is 2. The van der Waals surface area contributed by atoms with Gasteiger partial charge < -0.3 is 20.1 Å². The summed E-state index contributed by atoms with van der Waals surface area (Å²) in [6.07, 6.45) is 0. The molecule has 0 bridgehead atoms. The number of halogens is 2. The molecule has 1 heterocycles. The first-order valence-electron chi connectivity index (χ1n) is 6.74. The van der Waals surface area contributed by atoms with Crippen LogP contribution >= 0.6 is 11.3 Å². The number of carbonyl (C=O) groups is 1. The number of methoxy groups -OCH3 is 1. The second kappa shape index (κ2) is 8.33. The summed E-state index contributed by atoms with van der Waals surface area (Å²) in [5.74, 6) is 0.136. The predicted octanol–water partition coefficient (Wildman–Crippen LogP) is 3.36. The first-order chi connectivity index (χ1) is 11.1. The Bertz CT molecular complexity index is 636. The number of hydrogen-bond acceptors (Lipinski definition) is 4. The maximum atomic E-state index is 12.4. The van der Waals surface area contributed by atoms with Gasteiger partial charge in [0.1, 0.15) is 0 Å². The van der Waals surface area contributed by atoms with Gasteiger partial charge in [-0.2, -0.15) is 8.78 Å². The van der Waals surface area contributed by atoms with Crippen LogP contribution in [0.25, 0.3) is 0 Å². The van der Waals surface area contributed by atoms with Gasteiger partial charge in [-0.3, -0.25) is 0 Å². The summed E-state index contributed by atoms with van der Waals surface area (Å²) >= 11 is 1.55. The van der Waals surface area contributed by atoms with Crippen LogP contribution in [0.3, 0.4) is 0 Å². The zero-order valence-corrected chi connectivity index (χ0v) is 13.2. The Balaban J connectivity index is 1.88. The van der Waals surface area contributed by atoms with E-state index in [0.717, 1.165) is 4.88 Å². The molecule has 0 atom stereocenters. The standard InChI is InChI=1S/C15H16F2N2O3S/c1-21-12-5-4-10(7-13(12)22-14(16)17)8-18-15(20)19-9-11-3-2-6-23-11/h2-7,14H,8-9H2,1H3,(H2,18,19,20). The molecule has 0 aliphatic carbocycles. The summed E-state index contributed by atoms with van der Waals surface area (Å²) < 4.78 is 34.1. The van der Waals surface area contributed by atoms with E-state index in [1.807, 2.05) is 17.5 Å². The van der Waals surface area contributed by atoms with E-state index in [-0.39, 0.29) is 24.1 Å². The normalized spacial score (nSPS) is 10.4. The van der Waals surface area contributed by atoms with Crippen LogP contribution in [0.15, 0.2) is 35.7 Å². The van der Waals surface area contributed by atoms with E-state index < -0.39 is 6.61 Å². The molecule has 0 aliphatic rings. The lowest BCUT2D eigenvalue weighted by molar-refractivity contribution is -0.0512. The van der Waals surface area contributed by atoms with Gasteiger partial charge >= 0.3 is 12.6 Å². The third-order valence-corrected chi connectivity index (χ3v) is 3.78. The van der Waals surface area contributed by atoms with Crippen molar-refractivity contribution in [2.45, 2.75) is 19.7 Å². The van der Waals surface area contributed by atoms with Gasteiger partial charge in [0.05, 0.1) is 13.7 Å². The number of thiophene rings is 1. The number of nitrogens with one attached hydrogen (secondary N) is 2. The van der Waals surface area contributed by atoms with Crippen LogP contribution in [-0.2, 0) is 13.1 Å². The Kier molecular flexibility index (Phi) is 6.16. The molecule has 2 rings (SSSR count). The van der Waals surface area contributed by atoms with E-state index in [1.54, 1.807) is 17.4 Å². The Labute approximate surface area is 136 Å². The molecule has 1 aromatic heterocycles. The maximum Gasteiger partial charge on any atom is 0.387 e. The molecule has 1 aromatic carbocycles. The minimum Gasteiger partial charge on any atom is -0.493 e. The Hall–Kier alpha value is -2.35. The van der Waals surface area contributed by atoms with Crippen LogP contribution in [0.4, 0.5) is 13.6 Å². The van der Waals surface area contributed by atoms with Gasteiger partial charge in [0.2, 0.25) is 0 Å². The highest BCUT2D eigenvalue weighted by molar-refractivity contribution is 7.09. The molecule has 5 nitrogen and oxygen atoms in total. The minimum absolute atomic E-state index is 0.0687. The van der Waals surface area contributed by atoms with Crippen LogP contribution in [-0.4, -0.2) is 19.8 Å². The fourth-order valence-electron chi connectivity index (χ4n) is 1.84. The number of carbonyl (C=O) groups excluding carboxylic acids is 1. The summed E-state index contributed by atoms with van der Waals surface area (Å²) in [6, 6.07) is 8.06. The Morgan fingerprint density at radius 1 is 1.22 bits per heavy atom. The summed E-state index contributed by atoms with van der Waals surface area (Å²) in [7, 11) is 1.36. The number of hydrogen-bond donors (Lipinski definition) is 2. The quantitative estimate of drug-likeness (QED) is 0.811. The lowest BCUT2D eigenvalue weighted by Gasteiger charge is -2.12. The highest BCUT2D eigenvalue weighted by Crippen LogP contribution is 2.29. The van der Waals surface area contributed by atoms with Crippen LogP contribution in [0, 0.1) is 0 Å². The van der Waals surface area contributed by atoms with Gasteiger partial charge in [0, 0.05) is 11.4 Å². The third-order valence-electron chi connectivity index (χ3n) is 2.90. The number of amides is 2. The van der Waals surface area contributed by atoms with Crippen molar-refractivity contribution in [2.75, 3.05) is 7.11 Å². The maximum absolute atomic E-state index is 12.4. The first-order valence-corrected chi connectivity index (χ1v) is 7.62. The largest absolute Gasteiger partial charge is 0.493 e. The zero-order chi connectivity index (χ0) is 16.7. The van der Waals surface area contributed by atoms with Gasteiger partial charge in [-0.1, -0.05) is 12.1 Å². The van der Waals surface area contributed by atoms with Crippen molar-refractivity contribution in [2.24, 2.45) is 0 Å². The average Bonchev–Trinajstić information content (AvgIpc) is 3.04. The summed E-state index contributed by atoms with van der Waals surface area (Å²) in [5.41, 5.74) is 0.618. The molecule has 0 fully saturated rings. The van der Waals surface area contributed by atoms with Gasteiger partial charge in [0.15, 0.2) is 11.5 Å². The molecule has 0 radical (unpaired) electrons. The lowest BCUT2D eigenvalue weighted by atomic mass is 10.2. The molecule has 0 spiro atoms. The van der Waals surface area contributed by atoms with Gasteiger partial charge in [-0.15, -0.1) is 11.3 Å². The molecule has 0 saturated carbocycles.